The average Bonchev–Trinajstić information content (AvgIpc) is 3.36. The molecule has 0 radical (unpaired) electrons. The quantitative estimate of drug-likeness (QED) is 0.488. The summed E-state index contributed by atoms with van der Waals surface area (Å²) in [4.78, 5) is 41.6. The van der Waals surface area contributed by atoms with Gasteiger partial charge < -0.3 is 4.90 Å². The van der Waals surface area contributed by atoms with E-state index in [1.807, 2.05) is 30.3 Å². The molecule has 144 valence electrons. The first-order valence-corrected chi connectivity index (χ1v) is 9.52. The first-order valence-electron chi connectivity index (χ1n) is 9.52. The Bertz CT molecular complexity index is 1080. The monoisotopic (exact) mass is 383 g/mol. The van der Waals surface area contributed by atoms with Crippen molar-refractivity contribution in [1.29, 1.82) is 0 Å². The molecule has 1 fully saturated rings. The van der Waals surface area contributed by atoms with Gasteiger partial charge in [-0.25, -0.2) is 0 Å². The summed E-state index contributed by atoms with van der Waals surface area (Å²) in [6.45, 7) is 3.14. The summed E-state index contributed by atoms with van der Waals surface area (Å²) in [5.41, 5.74) is -1.09. The van der Waals surface area contributed by atoms with Crippen LogP contribution >= 0.6 is 0 Å². The van der Waals surface area contributed by atoms with Crippen LogP contribution in [0.2, 0.25) is 0 Å². The van der Waals surface area contributed by atoms with E-state index in [2.05, 4.69) is 0 Å². The molecule has 3 aromatic carbocycles. The highest BCUT2D eigenvalue weighted by molar-refractivity contribution is 6.19. The Morgan fingerprint density at radius 1 is 0.690 bits per heavy atom. The Balaban J connectivity index is 1.92. The van der Waals surface area contributed by atoms with Crippen molar-refractivity contribution in [2.24, 2.45) is 0 Å². The molecule has 0 N–H and O–H groups in total. The van der Waals surface area contributed by atoms with Crippen molar-refractivity contribution in [2.75, 3.05) is 0 Å². The van der Waals surface area contributed by atoms with Crippen LogP contribution in [0.5, 0.6) is 0 Å². The molecule has 1 aliphatic heterocycles. The van der Waals surface area contributed by atoms with E-state index in [9.17, 15) is 14.4 Å². The molecule has 4 heteroatoms. The van der Waals surface area contributed by atoms with Gasteiger partial charge in [-0.1, -0.05) is 78.9 Å². The minimum absolute atomic E-state index is 0.236. The van der Waals surface area contributed by atoms with E-state index < -0.39 is 11.1 Å². The van der Waals surface area contributed by atoms with Crippen molar-refractivity contribution in [3.8, 4) is 0 Å². The number of rotatable bonds is 5. The fraction of sp³-hybridized carbons (Fsp3) is 0.160. The highest BCUT2D eigenvalue weighted by Crippen LogP contribution is 2.61. The van der Waals surface area contributed by atoms with E-state index in [1.54, 1.807) is 67.6 Å². The Kier molecular flexibility index (Phi) is 4.42. The van der Waals surface area contributed by atoms with Crippen LogP contribution in [0.25, 0.3) is 0 Å². The molecule has 3 aromatic rings. The largest absolute Gasteiger partial charge is 0.303 e. The first kappa shape index (κ1) is 18.8. The normalized spacial score (nSPS) is 22.8. The zero-order valence-electron chi connectivity index (χ0n) is 16.3. The molecule has 0 unspecified atom stereocenters. The van der Waals surface area contributed by atoms with Gasteiger partial charge >= 0.3 is 0 Å². The number of hydrogen-bond acceptors (Lipinski definition) is 3. The van der Waals surface area contributed by atoms with Crippen LogP contribution in [0.3, 0.4) is 0 Å². The van der Waals surface area contributed by atoms with E-state index in [0.29, 0.717) is 16.7 Å². The number of carbonyl (C=O) groups is 3. The maximum absolute atomic E-state index is 13.6. The SMILES string of the molecule is CC(=O)[C@]1(c2ccccc2)N(C(=O)c2ccccc2)[C@@]1(C)C(=O)c1ccccc1. The Morgan fingerprint density at radius 2 is 1.14 bits per heavy atom. The lowest BCUT2D eigenvalue weighted by molar-refractivity contribution is -0.120. The zero-order chi connectivity index (χ0) is 20.6. The minimum Gasteiger partial charge on any atom is -0.303 e. The van der Waals surface area contributed by atoms with Crippen LogP contribution in [0.15, 0.2) is 91.0 Å². The molecule has 0 saturated carbocycles. The van der Waals surface area contributed by atoms with Gasteiger partial charge in [0.2, 0.25) is 0 Å². The molecule has 0 bridgehead atoms. The van der Waals surface area contributed by atoms with Crippen LogP contribution in [0, 0.1) is 0 Å². The maximum Gasteiger partial charge on any atom is 0.255 e. The standard InChI is InChI=1S/C25H21NO3/c1-18(27)25(21-16-10-5-11-17-21)24(2,22(28)19-12-6-3-7-13-19)26(25)23(29)20-14-8-4-9-15-20/h3-17H,1-2H3/t24-,25+,26?/m0/s1. The summed E-state index contributed by atoms with van der Waals surface area (Å²) >= 11 is 0. The van der Waals surface area contributed by atoms with Crippen LogP contribution in [0.1, 0.15) is 40.1 Å². The summed E-state index contributed by atoms with van der Waals surface area (Å²) < 4.78 is 0. The molecule has 1 aliphatic rings. The summed E-state index contributed by atoms with van der Waals surface area (Å²) in [6, 6.07) is 26.7. The number of Topliss-reactive ketones (excluding diaryl/α,β-unsaturated/α-hetero) is 2. The highest BCUT2D eigenvalue weighted by atomic mass is 16.2. The Labute approximate surface area is 169 Å². The molecule has 4 rings (SSSR count). The number of carbonyl (C=O) groups excluding carboxylic acids is 3. The second kappa shape index (κ2) is 6.82. The number of amides is 1. The second-order valence-corrected chi connectivity index (χ2v) is 7.41. The third-order valence-electron chi connectivity index (χ3n) is 5.84. The molecular formula is C25H21NO3. The maximum atomic E-state index is 13.6. The van der Waals surface area contributed by atoms with Gasteiger partial charge in [0, 0.05) is 11.1 Å². The number of hydrogen-bond donors (Lipinski definition) is 0. The molecule has 0 aliphatic carbocycles. The van der Waals surface area contributed by atoms with Gasteiger partial charge in [0.15, 0.2) is 17.1 Å². The Hall–Kier alpha value is -3.53. The van der Waals surface area contributed by atoms with E-state index in [0.717, 1.165) is 0 Å². The summed E-state index contributed by atoms with van der Waals surface area (Å²) in [7, 11) is 0. The van der Waals surface area contributed by atoms with Gasteiger partial charge in [0.1, 0.15) is 5.54 Å². The van der Waals surface area contributed by atoms with Crippen molar-refractivity contribution in [2.45, 2.75) is 24.9 Å². The fourth-order valence-corrected chi connectivity index (χ4v) is 4.47. The summed E-state index contributed by atoms with van der Waals surface area (Å²) in [6.07, 6.45) is 0. The minimum atomic E-state index is -1.34. The molecule has 2 atom stereocenters. The van der Waals surface area contributed by atoms with Gasteiger partial charge in [-0.2, -0.15) is 0 Å². The number of ketones is 2. The summed E-state index contributed by atoms with van der Waals surface area (Å²) in [5.74, 6) is -0.822. The zero-order valence-corrected chi connectivity index (χ0v) is 16.3. The topological polar surface area (TPSA) is 54.2 Å². The first-order chi connectivity index (χ1) is 14.0. The molecule has 1 amide bonds. The Morgan fingerprint density at radius 3 is 1.62 bits per heavy atom. The van der Waals surface area contributed by atoms with Crippen molar-refractivity contribution in [3.05, 3.63) is 108 Å². The van der Waals surface area contributed by atoms with Gasteiger partial charge in [-0.05, 0) is 31.5 Å². The predicted octanol–water partition coefficient (Wildman–Crippen LogP) is 4.27. The van der Waals surface area contributed by atoms with Crippen LogP contribution in [0.4, 0.5) is 0 Å². The van der Waals surface area contributed by atoms with Crippen molar-refractivity contribution < 1.29 is 14.4 Å². The molecule has 0 spiro atoms. The second-order valence-electron chi connectivity index (χ2n) is 7.41. The van der Waals surface area contributed by atoms with Gasteiger partial charge in [0.05, 0.1) is 0 Å². The van der Waals surface area contributed by atoms with Gasteiger partial charge in [-0.15, -0.1) is 0 Å². The van der Waals surface area contributed by atoms with Crippen LogP contribution in [-0.4, -0.2) is 27.9 Å². The van der Waals surface area contributed by atoms with Crippen LogP contribution < -0.4 is 0 Å². The van der Waals surface area contributed by atoms with Gasteiger partial charge in [0.25, 0.3) is 5.91 Å². The molecule has 4 nitrogen and oxygen atoms in total. The van der Waals surface area contributed by atoms with E-state index in [4.69, 9.17) is 0 Å². The predicted molar refractivity (Wildman–Crippen MR) is 111 cm³/mol. The number of nitrogens with zero attached hydrogens (tertiary/aromatic N) is 1. The molecular weight excluding hydrogens is 362 g/mol. The molecule has 1 heterocycles. The molecule has 29 heavy (non-hydrogen) atoms. The lowest BCUT2D eigenvalue weighted by atomic mass is 9.80. The number of benzene rings is 3. The van der Waals surface area contributed by atoms with Crippen molar-refractivity contribution in [3.63, 3.8) is 0 Å². The van der Waals surface area contributed by atoms with E-state index in [-0.39, 0.29) is 17.5 Å². The van der Waals surface area contributed by atoms with Crippen molar-refractivity contribution >= 4 is 17.5 Å². The summed E-state index contributed by atoms with van der Waals surface area (Å²) in [5, 5.41) is 0. The lowest BCUT2D eigenvalue weighted by Crippen LogP contribution is -2.34. The smallest absolute Gasteiger partial charge is 0.255 e. The average molecular weight is 383 g/mol. The van der Waals surface area contributed by atoms with Crippen LogP contribution in [-0.2, 0) is 10.3 Å². The van der Waals surface area contributed by atoms with Gasteiger partial charge in [-0.3, -0.25) is 14.4 Å². The molecule has 1 saturated heterocycles. The third-order valence-corrected chi connectivity index (χ3v) is 5.84. The lowest BCUT2D eigenvalue weighted by Gasteiger charge is -2.16. The fourth-order valence-electron chi connectivity index (χ4n) is 4.47. The highest BCUT2D eigenvalue weighted by Gasteiger charge is 2.81. The van der Waals surface area contributed by atoms with Crippen molar-refractivity contribution in [1.82, 2.24) is 4.90 Å². The third kappa shape index (κ3) is 2.56. The van der Waals surface area contributed by atoms with E-state index >= 15 is 0 Å². The molecule has 0 aromatic heterocycles. The van der Waals surface area contributed by atoms with E-state index in [1.165, 1.54) is 11.8 Å².